The molecular weight excluding hydrogens is 230 g/mol. The quantitative estimate of drug-likeness (QED) is 0.766. The Labute approximate surface area is 84.9 Å². The van der Waals surface area contributed by atoms with Crippen LogP contribution < -0.4 is 0 Å². The van der Waals surface area contributed by atoms with Gasteiger partial charge in [0.2, 0.25) is 0 Å². The van der Waals surface area contributed by atoms with Crippen molar-refractivity contribution in [1.82, 2.24) is 14.6 Å². The Kier molecular flexibility index (Phi) is 2.07. The third-order valence-corrected chi connectivity index (χ3v) is 2.56. The molecule has 3 nitrogen and oxygen atoms in total. The van der Waals surface area contributed by atoms with Crippen LogP contribution in [0.15, 0.2) is 23.1 Å². The molecule has 2 aromatic heterocycles. The minimum atomic E-state index is 0.486. The fourth-order valence-corrected chi connectivity index (χ4v) is 1.53. The zero-order valence-corrected chi connectivity index (χ0v) is 9.12. The van der Waals surface area contributed by atoms with Gasteiger partial charge in [-0.15, -0.1) is 0 Å². The molecule has 0 bridgehead atoms. The SMILES string of the molecule is CC(C)c1cnc2c(Br)cnn2c1. The lowest BCUT2D eigenvalue weighted by molar-refractivity contribution is 0.821. The molecule has 0 aliphatic carbocycles. The third kappa shape index (κ3) is 1.46. The van der Waals surface area contributed by atoms with Crippen LogP contribution in [-0.2, 0) is 0 Å². The first-order valence-corrected chi connectivity index (χ1v) is 4.96. The molecule has 2 rings (SSSR count). The van der Waals surface area contributed by atoms with E-state index < -0.39 is 0 Å². The van der Waals surface area contributed by atoms with Gasteiger partial charge in [0, 0.05) is 12.4 Å². The molecule has 0 atom stereocenters. The molecule has 0 aliphatic heterocycles. The van der Waals surface area contributed by atoms with Crippen molar-refractivity contribution < 1.29 is 0 Å². The van der Waals surface area contributed by atoms with Crippen molar-refractivity contribution in [2.75, 3.05) is 0 Å². The monoisotopic (exact) mass is 239 g/mol. The smallest absolute Gasteiger partial charge is 0.169 e. The Balaban J connectivity index is 2.63. The van der Waals surface area contributed by atoms with Crippen molar-refractivity contribution in [2.24, 2.45) is 0 Å². The van der Waals surface area contributed by atoms with Crippen LogP contribution in [0.2, 0.25) is 0 Å². The first-order valence-electron chi connectivity index (χ1n) is 4.17. The summed E-state index contributed by atoms with van der Waals surface area (Å²) in [5.41, 5.74) is 2.06. The van der Waals surface area contributed by atoms with Gasteiger partial charge in [-0.05, 0) is 27.4 Å². The van der Waals surface area contributed by atoms with E-state index in [1.807, 2.05) is 12.4 Å². The number of hydrogen-bond acceptors (Lipinski definition) is 2. The molecule has 0 amide bonds. The summed E-state index contributed by atoms with van der Waals surface area (Å²) in [6.07, 6.45) is 5.66. The van der Waals surface area contributed by atoms with Gasteiger partial charge in [0.15, 0.2) is 5.65 Å². The van der Waals surface area contributed by atoms with Crippen LogP contribution >= 0.6 is 15.9 Å². The van der Waals surface area contributed by atoms with Gasteiger partial charge in [0.1, 0.15) is 0 Å². The lowest BCUT2D eigenvalue weighted by atomic mass is 10.1. The van der Waals surface area contributed by atoms with Gasteiger partial charge in [-0.3, -0.25) is 0 Å². The molecule has 2 heterocycles. The number of nitrogens with zero attached hydrogens (tertiary/aromatic N) is 3. The topological polar surface area (TPSA) is 30.2 Å². The van der Waals surface area contributed by atoms with Crippen molar-refractivity contribution >= 4 is 21.6 Å². The predicted molar refractivity (Wildman–Crippen MR) is 54.8 cm³/mol. The van der Waals surface area contributed by atoms with Crippen LogP contribution in [0.25, 0.3) is 5.65 Å². The van der Waals surface area contributed by atoms with E-state index in [9.17, 15) is 0 Å². The number of aromatic nitrogens is 3. The van der Waals surface area contributed by atoms with Crippen molar-refractivity contribution in [3.05, 3.63) is 28.6 Å². The summed E-state index contributed by atoms with van der Waals surface area (Å²) < 4.78 is 2.72. The van der Waals surface area contributed by atoms with Crippen molar-refractivity contribution in [3.63, 3.8) is 0 Å². The molecule has 0 unspecified atom stereocenters. The Morgan fingerprint density at radius 2 is 2.15 bits per heavy atom. The van der Waals surface area contributed by atoms with Gasteiger partial charge >= 0.3 is 0 Å². The molecule has 0 radical (unpaired) electrons. The molecule has 0 fully saturated rings. The van der Waals surface area contributed by atoms with Crippen LogP contribution in [0.5, 0.6) is 0 Å². The average molecular weight is 240 g/mol. The second-order valence-electron chi connectivity index (χ2n) is 3.30. The Morgan fingerprint density at radius 1 is 1.38 bits per heavy atom. The van der Waals surface area contributed by atoms with Crippen LogP contribution in [0, 0.1) is 0 Å². The van der Waals surface area contributed by atoms with Gasteiger partial charge < -0.3 is 0 Å². The van der Waals surface area contributed by atoms with Crippen molar-refractivity contribution in [3.8, 4) is 0 Å². The van der Waals surface area contributed by atoms with E-state index in [1.54, 1.807) is 10.7 Å². The lowest BCUT2D eigenvalue weighted by Gasteiger charge is -2.03. The summed E-state index contributed by atoms with van der Waals surface area (Å²) >= 11 is 3.38. The van der Waals surface area contributed by atoms with Crippen LogP contribution in [-0.4, -0.2) is 14.6 Å². The van der Waals surface area contributed by atoms with E-state index in [0.717, 1.165) is 10.1 Å². The highest BCUT2D eigenvalue weighted by Crippen LogP contribution is 2.18. The maximum atomic E-state index is 4.32. The second-order valence-corrected chi connectivity index (χ2v) is 4.16. The van der Waals surface area contributed by atoms with Crippen LogP contribution in [0.3, 0.4) is 0 Å². The van der Waals surface area contributed by atoms with Crippen molar-refractivity contribution in [2.45, 2.75) is 19.8 Å². The standard InChI is InChI=1S/C9H10BrN3/c1-6(2)7-3-11-9-8(10)4-12-13(9)5-7/h3-6H,1-2H3. The number of halogens is 1. The maximum Gasteiger partial charge on any atom is 0.169 e. The highest BCUT2D eigenvalue weighted by atomic mass is 79.9. The fraction of sp³-hybridized carbons (Fsp3) is 0.333. The molecule has 0 aromatic carbocycles. The van der Waals surface area contributed by atoms with Gasteiger partial charge in [-0.25, -0.2) is 9.50 Å². The zero-order chi connectivity index (χ0) is 9.42. The molecule has 0 saturated heterocycles. The number of hydrogen-bond donors (Lipinski definition) is 0. The molecular formula is C9H10BrN3. The van der Waals surface area contributed by atoms with Gasteiger partial charge in [-0.2, -0.15) is 5.10 Å². The fourth-order valence-electron chi connectivity index (χ4n) is 1.16. The minimum absolute atomic E-state index is 0.486. The Morgan fingerprint density at radius 3 is 2.85 bits per heavy atom. The summed E-state index contributed by atoms with van der Waals surface area (Å²) in [5, 5.41) is 4.17. The molecule has 0 saturated carbocycles. The van der Waals surface area contributed by atoms with Crippen LogP contribution in [0.1, 0.15) is 25.3 Å². The summed E-state index contributed by atoms with van der Waals surface area (Å²) in [5.74, 6) is 0.486. The van der Waals surface area contributed by atoms with Crippen LogP contribution in [0.4, 0.5) is 0 Å². The third-order valence-electron chi connectivity index (χ3n) is 2.00. The van der Waals surface area contributed by atoms with Crippen molar-refractivity contribution in [1.29, 1.82) is 0 Å². The highest BCUT2D eigenvalue weighted by Gasteiger charge is 2.04. The highest BCUT2D eigenvalue weighted by molar-refractivity contribution is 9.10. The average Bonchev–Trinajstić information content (AvgIpc) is 2.47. The lowest BCUT2D eigenvalue weighted by Crippen LogP contribution is -1.95. The molecule has 68 valence electrons. The minimum Gasteiger partial charge on any atom is -0.236 e. The summed E-state index contributed by atoms with van der Waals surface area (Å²) in [4.78, 5) is 4.32. The van der Waals surface area contributed by atoms with Gasteiger partial charge in [0.25, 0.3) is 0 Å². The summed E-state index contributed by atoms with van der Waals surface area (Å²) in [7, 11) is 0. The first kappa shape index (κ1) is 8.69. The molecule has 0 aliphatic rings. The van der Waals surface area contributed by atoms with E-state index in [-0.39, 0.29) is 0 Å². The normalized spacial score (nSPS) is 11.4. The molecule has 2 aromatic rings. The van der Waals surface area contributed by atoms with Gasteiger partial charge in [0.05, 0.1) is 10.7 Å². The predicted octanol–water partition coefficient (Wildman–Crippen LogP) is 2.62. The maximum absolute atomic E-state index is 4.32. The van der Waals surface area contributed by atoms with E-state index >= 15 is 0 Å². The zero-order valence-electron chi connectivity index (χ0n) is 7.53. The molecule has 13 heavy (non-hydrogen) atoms. The molecule has 4 heteroatoms. The Bertz CT molecular complexity index is 433. The van der Waals surface area contributed by atoms with Gasteiger partial charge in [-0.1, -0.05) is 13.8 Å². The second kappa shape index (κ2) is 3.10. The van der Waals surface area contributed by atoms with E-state index in [2.05, 4.69) is 39.9 Å². The number of fused-ring (bicyclic) bond motifs is 1. The summed E-state index contributed by atoms with van der Waals surface area (Å²) in [6.45, 7) is 4.28. The largest absolute Gasteiger partial charge is 0.236 e. The summed E-state index contributed by atoms with van der Waals surface area (Å²) in [6, 6.07) is 0. The van der Waals surface area contributed by atoms with E-state index in [0.29, 0.717) is 5.92 Å². The number of rotatable bonds is 1. The first-order chi connectivity index (χ1) is 6.18. The van der Waals surface area contributed by atoms with E-state index in [4.69, 9.17) is 0 Å². The van der Waals surface area contributed by atoms with E-state index in [1.165, 1.54) is 5.56 Å². The molecule has 0 spiro atoms. The Hall–Kier alpha value is -0.900. The molecule has 0 N–H and O–H groups in total.